The van der Waals surface area contributed by atoms with Crippen LogP contribution >= 0.6 is 23.2 Å². The summed E-state index contributed by atoms with van der Waals surface area (Å²) in [4.78, 5) is 17.1. The first kappa shape index (κ1) is 23.4. The van der Waals surface area contributed by atoms with Crippen LogP contribution < -0.4 is 11.3 Å². The maximum Gasteiger partial charge on any atom is 0.251 e. The van der Waals surface area contributed by atoms with E-state index in [1.807, 2.05) is 73.1 Å². The molecule has 1 atom stereocenters. The van der Waals surface area contributed by atoms with Crippen molar-refractivity contribution >= 4 is 34.1 Å². The molecule has 0 amide bonds. The number of benzene rings is 3. The molecule has 7 heteroatoms. The molecule has 0 aliphatic carbocycles. The lowest BCUT2D eigenvalue weighted by Gasteiger charge is -2.32. The summed E-state index contributed by atoms with van der Waals surface area (Å²) in [6, 6.07) is 21.0. The summed E-state index contributed by atoms with van der Waals surface area (Å²) in [5.74, 6) is 0. The minimum atomic E-state index is -1.02. The Balaban J connectivity index is 1.85. The van der Waals surface area contributed by atoms with Gasteiger partial charge < -0.3 is 14.9 Å². The van der Waals surface area contributed by atoms with Crippen LogP contribution in [-0.4, -0.2) is 14.1 Å². The molecule has 0 saturated carbocycles. The van der Waals surface area contributed by atoms with Crippen LogP contribution in [0.4, 0.5) is 0 Å². The van der Waals surface area contributed by atoms with Gasteiger partial charge in [0.05, 0.1) is 23.7 Å². The van der Waals surface area contributed by atoms with Crippen molar-refractivity contribution in [1.29, 1.82) is 0 Å². The molecule has 0 aliphatic rings. The van der Waals surface area contributed by atoms with Crippen molar-refractivity contribution < 1.29 is 0 Å². The van der Waals surface area contributed by atoms with E-state index in [1.54, 1.807) is 30.2 Å². The van der Waals surface area contributed by atoms with Crippen LogP contribution in [0.1, 0.15) is 22.4 Å². The molecule has 0 bridgehead atoms. The minimum absolute atomic E-state index is 0.0980. The SMILES string of the molecule is Cc1cc(C(N)(c2ccc3c(c2)c(-c2cccc(Cl)c2)cc(=O)n3C)c2cncn2C)ccc1Cl. The maximum absolute atomic E-state index is 12.8. The van der Waals surface area contributed by atoms with Gasteiger partial charge in [-0.2, -0.15) is 0 Å². The summed E-state index contributed by atoms with van der Waals surface area (Å²) < 4.78 is 3.56. The Hall–Kier alpha value is -3.38. The Kier molecular flexibility index (Phi) is 5.80. The predicted octanol–water partition coefficient (Wildman–Crippen LogP) is 5.80. The summed E-state index contributed by atoms with van der Waals surface area (Å²) in [6.45, 7) is 1.96. The number of hydrogen-bond acceptors (Lipinski definition) is 3. The van der Waals surface area contributed by atoms with Crippen molar-refractivity contribution in [3.63, 3.8) is 0 Å². The van der Waals surface area contributed by atoms with Gasteiger partial charge in [0.2, 0.25) is 0 Å². The molecule has 2 heterocycles. The molecule has 0 spiro atoms. The van der Waals surface area contributed by atoms with Gasteiger partial charge in [-0.05, 0) is 65.1 Å². The number of halogens is 2. The molecule has 0 radical (unpaired) electrons. The van der Waals surface area contributed by atoms with Crippen LogP contribution in [0, 0.1) is 6.92 Å². The lowest BCUT2D eigenvalue weighted by Crippen LogP contribution is -2.41. The first-order valence-electron chi connectivity index (χ1n) is 11.1. The molecule has 5 aromatic rings. The average Bonchev–Trinajstić information content (AvgIpc) is 3.28. The van der Waals surface area contributed by atoms with Crippen LogP contribution in [0.15, 0.2) is 84.0 Å². The van der Waals surface area contributed by atoms with Gasteiger partial charge in [-0.15, -0.1) is 0 Å². The van der Waals surface area contributed by atoms with E-state index in [2.05, 4.69) is 11.1 Å². The number of pyridine rings is 1. The predicted molar refractivity (Wildman–Crippen MR) is 143 cm³/mol. The molecule has 1 unspecified atom stereocenters. The standard InChI is InChI=1S/C28H24Cl2N4O/c1-17-11-19(7-9-24(17)30)28(31,26-15-32-16-33(26)2)20-8-10-25-23(13-20)22(14-27(35)34(25)3)18-5-4-6-21(29)12-18/h4-16H,31H2,1-3H3. The van der Waals surface area contributed by atoms with Crippen molar-refractivity contribution in [3.8, 4) is 11.1 Å². The zero-order valence-corrected chi connectivity index (χ0v) is 21.1. The first-order valence-corrected chi connectivity index (χ1v) is 11.9. The van der Waals surface area contributed by atoms with Gasteiger partial charge in [-0.25, -0.2) is 4.98 Å². The molecular weight excluding hydrogens is 479 g/mol. The van der Waals surface area contributed by atoms with Crippen molar-refractivity contribution in [1.82, 2.24) is 14.1 Å². The molecule has 0 fully saturated rings. The van der Waals surface area contributed by atoms with Crippen molar-refractivity contribution in [2.75, 3.05) is 0 Å². The third-order valence-electron chi connectivity index (χ3n) is 6.67. The zero-order chi connectivity index (χ0) is 24.9. The second kappa shape index (κ2) is 8.68. The van der Waals surface area contributed by atoms with E-state index in [4.69, 9.17) is 28.9 Å². The smallest absolute Gasteiger partial charge is 0.251 e. The highest BCUT2D eigenvalue weighted by molar-refractivity contribution is 6.31. The van der Waals surface area contributed by atoms with Crippen LogP contribution in [0.25, 0.3) is 22.0 Å². The van der Waals surface area contributed by atoms with Gasteiger partial charge in [-0.3, -0.25) is 4.79 Å². The van der Waals surface area contributed by atoms with Crippen LogP contribution in [0.2, 0.25) is 10.0 Å². The van der Waals surface area contributed by atoms with Gasteiger partial charge in [0.15, 0.2) is 0 Å². The number of rotatable bonds is 4. The van der Waals surface area contributed by atoms with Crippen LogP contribution in [0.5, 0.6) is 0 Å². The number of fused-ring (bicyclic) bond motifs is 1. The lowest BCUT2D eigenvalue weighted by atomic mass is 9.79. The maximum atomic E-state index is 12.8. The lowest BCUT2D eigenvalue weighted by molar-refractivity contribution is 0.596. The van der Waals surface area contributed by atoms with Gasteiger partial charge in [0.1, 0.15) is 5.54 Å². The number of aryl methyl sites for hydroxylation is 3. The Morgan fingerprint density at radius 1 is 0.943 bits per heavy atom. The average molecular weight is 503 g/mol. The molecule has 0 saturated heterocycles. The third kappa shape index (κ3) is 3.86. The molecule has 0 aliphatic heterocycles. The molecule has 176 valence electrons. The van der Waals surface area contributed by atoms with Gasteiger partial charge >= 0.3 is 0 Å². The van der Waals surface area contributed by atoms with Crippen LogP contribution in [-0.2, 0) is 19.6 Å². The summed E-state index contributed by atoms with van der Waals surface area (Å²) in [5.41, 5.74) is 12.2. The van der Waals surface area contributed by atoms with Crippen molar-refractivity contribution in [3.05, 3.63) is 122 Å². The summed E-state index contributed by atoms with van der Waals surface area (Å²) in [6.07, 6.45) is 3.52. The third-order valence-corrected chi connectivity index (χ3v) is 7.33. The Labute approximate surface area is 213 Å². The van der Waals surface area contributed by atoms with Gasteiger partial charge in [-0.1, -0.05) is 53.5 Å². The number of imidazole rings is 1. The van der Waals surface area contributed by atoms with Gasteiger partial charge in [0.25, 0.3) is 5.56 Å². The fraction of sp³-hybridized carbons (Fsp3) is 0.143. The van der Waals surface area contributed by atoms with E-state index < -0.39 is 5.54 Å². The molecular formula is C28H24Cl2N4O. The normalized spacial score (nSPS) is 13.2. The minimum Gasteiger partial charge on any atom is -0.336 e. The van der Waals surface area contributed by atoms with E-state index in [0.717, 1.165) is 44.4 Å². The summed E-state index contributed by atoms with van der Waals surface area (Å²) in [5, 5.41) is 2.18. The highest BCUT2D eigenvalue weighted by atomic mass is 35.5. The zero-order valence-electron chi connectivity index (χ0n) is 19.6. The number of aromatic nitrogens is 3. The van der Waals surface area contributed by atoms with E-state index in [1.165, 1.54) is 0 Å². The first-order chi connectivity index (χ1) is 16.7. The van der Waals surface area contributed by atoms with Crippen LogP contribution in [0.3, 0.4) is 0 Å². The second-order valence-electron chi connectivity index (χ2n) is 8.86. The largest absolute Gasteiger partial charge is 0.336 e. The monoisotopic (exact) mass is 502 g/mol. The second-order valence-corrected chi connectivity index (χ2v) is 9.70. The van der Waals surface area contributed by atoms with E-state index in [9.17, 15) is 4.79 Å². The van der Waals surface area contributed by atoms with Crippen molar-refractivity contribution in [2.24, 2.45) is 19.8 Å². The van der Waals surface area contributed by atoms with Gasteiger partial charge in [0, 0.05) is 35.6 Å². The van der Waals surface area contributed by atoms with Crippen molar-refractivity contribution in [2.45, 2.75) is 12.5 Å². The number of nitrogens with two attached hydrogens (primary N) is 1. The Bertz CT molecular complexity index is 1650. The summed E-state index contributed by atoms with van der Waals surface area (Å²) >= 11 is 12.6. The fourth-order valence-electron chi connectivity index (χ4n) is 4.69. The highest BCUT2D eigenvalue weighted by Gasteiger charge is 2.35. The molecule has 2 aromatic heterocycles. The Morgan fingerprint density at radius 3 is 2.37 bits per heavy atom. The molecule has 2 N–H and O–H groups in total. The molecule has 3 aromatic carbocycles. The highest BCUT2D eigenvalue weighted by Crippen LogP contribution is 2.38. The Morgan fingerprint density at radius 2 is 1.69 bits per heavy atom. The molecule has 5 nitrogen and oxygen atoms in total. The number of hydrogen-bond donors (Lipinski definition) is 1. The van der Waals surface area contributed by atoms with E-state index >= 15 is 0 Å². The quantitative estimate of drug-likeness (QED) is 0.337. The molecule has 5 rings (SSSR count). The fourth-order valence-corrected chi connectivity index (χ4v) is 5.00. The summed E-state index contributed by atoms with van der Waals surface area (Å²) in [7, 11) is 3.69. The van der Waals surface area contributed by atoms with E-state index in [0.29, 0.717) is 10.0 Å². The molecule has 35 heavy (non-hydrogen) atoms. The van der Waals surface area contributed by atoms with E-state index in [-0.39, 0.29) is 5.56 Å². The number of nitrogens with zero attached hydrogens (tertiary/aromatic N) is 3. The topological polar surface area (TPSA) is 65.8 Å².